The summed E-state index contributed by atoms with van der Waals surface area (Å²) in [5.74, 6) is -0.169. The predicted octanol–water partition coefficient (Wildman–Crippen LogP) is 1.20. The van der Waals surface area contributed by atoms with Gasteiger partial charge in [-0.05, 0) is 38.5 Å². The van der Waals surface area contributed by atoms with Gasteiger partial charge in [0.25, 0.3) is 5.91 Å². The number of benzene rings is 1. The molecule has 0 aromatic heterocycles. The molecule has 1 saturated heterocycles. The molecule has 7 nitrogen and oxygen atoms in total. The van der Waals surface area contributed by atoms with Gasteiger partial charge in [0.05, 0.1) is 0 Å². The van der Waals surface area contributed by atoms with E-state index in [0.29, 0.717) is 25.2 Å². The fourth-order valence-electron chi connectivity index (χ4n) is 2.54. The summed E-state index contributed by atoms with van der Waals surface area (Å²) in [6.45, 7) is 6.94. The fraction of sp³-hybridized carbons (Fsp3) is 0.500. The molecule has 1 aliphatic rings. The van der Waals surface area contributed by atoms with Gasteiger partial charge in [0.15, 0.2) is 0 Å². The van der Waals surface area contributed by atoms with Crippen LogP contribution in [0.4, 0.5) is 4.79 Å². The van der Waals surface area contributed by atoms with Gasteiger partial charge in [-0.1, -0.05) is 12.1 Å². The van der Waals surface area contributed by atoms with Gasteiger partial charge in [-0.2, -0.15) is 0 Å². The summed E-state index contributed by atoms with van der Waals surface area (Å²) in [6, 6.07) is 6.58. The number of hydrogen-bond acceptors (Lipinski definition) is 3. The Morgan fingerprint density at radius 3 is 2.56 bits per heavy atom. The minimum absolute atomic E-state index is 0.0289. The average molecular weight is 346 g/mol. The van der Waals surface area contributed by atoms with Crippen molar-refractivity contribution >= 4 is 17.8 Å². The molecule has 0 spiro atoms. The van der Waals surface area contributed by atoms with Crippen molar-refractivity contribution in [3.63, 3.8) is 0 Å². The van der Waals surface area contributed by atoms with Crippen molar-refractivity contribution in [2.75, 3.05) is 20.1 Å². The average Bonchev–Trinajstić information content (AvgIpc) is 2.61. The number of rotatable bonds is 4. The van der Waals surface area contributed by atoms with Crippen LogP contribution in [0.15, 0.2) is 24.3 Å². The molecule has 2 rings (SSSR count). The normalized spacial score (nSPS) is 17.2. The lowest BCUT2D eigenvalue weighted by molar-refractivity contribution is -0.126. The molecule has 1 aromatic rings. The lowest BCUT2D eigenvalue weighted by atomic mass is 10.1. The van der Waals surface area contributed by atoms with Gasteiger partial charge in [0.2, 0.25) is 5.91 Å². The Bertz CT molecular complexity index is 642. The maximum Gasteiger partial charge on any atom is 0.318 e. The summed E-state index contributed by atoms with van der Waals surface area (Å²) >= 11 is 0. The summed E-state index contributed by atoms with van der Waals surface area (Å²) in [5.41, 5.74) is 1.51. The second kappa shape index (κ2) is 8.00. The zero-order chi connectivity index (χ0) is 18.6. The van der Waals surface area contributed by atoms with Gasteiger partial charge in [0.1, 0.15) is 6.04 Å². The van der Waals surface area contributed by atoms with E-state index < -0.39 is 6.04 Å². The van der Waals surface area contributed by atoms with Gasteiger partial charge in [0, 0.05) is 38.3 Å². The van der Waals surface area contributed by atoms with Gasteiger partial charge < -0.3 is 20.4 Å². The fourth-order valence-corrected chi connectivity index (χ4v) is 2.54. The highest BCUT2D eigenvalue weighted by atomic mass is 16.2. The molecule has 1 aromatic carbocycles. The second-order valence-corrected chi connectivity index (χ2v) is 6.53. The van der Waals surface area contributed by atoms with Crippen LogP contribution in [0, 0.1) is 0 Å². The minimum atomic E-state index is -0.472. The van der Waals surface area contributed by atoms with Crippen LogP contribution in [-0.4, -0.2) is 59.9 Å². The van der Waals surface area contributed by atoms with Crippen LogP contribution in [-0.2, 0) is 11.3 Å². The molecule has 1 heterocycles. The van der Waals surface area contributed by atoms with E-state index in [2.05, 4.69) is 10.6 Å². The van der Waals surface area contributed by atoms with Crippen molar-refractivity contribution in [1.82, 2.24) is 20.4 Å². The van der Waals surface area contributed by atoms with E-state index in [9.17, 15) is 14.4 Å². The zero-order valence-corrected chi connectivity index (χ0v) is 15.2. The number of nitrogens with zero attached hydrogens (tertiary/aromatic N) is 2. The highest BCUT2D eigenvalue weighted by Gasteiger charge is 2.28. The number of amides is 4. The smallest absolute Gasteiger partial charge is 0.318 e. The number of carbonyl (C=O) groups excluding carboxylic acids is 3. The first-order valence-electron chi connectivity index (χ1n) is 8.49. The Hall–Kier alpha value is -2.57. The summed E-state index contributed by atoms with van der Waals surface area (Å²) < 4.78 is 0. The van der Waals surface area contributed by atoms with E-state index in [0.717, 1.165) is 5.56 Å². The van der Waals surface area contributed by atoms with Crippen molar-refractivity contribution in [2.45, 2.75) is 39.4 Å². The highest BCUT2D eigenvalue weighted by molar-refractivity contribution is 5.94. The van der Waals surface area contributed by atoms with Crippen LogP contribution in [0.5, 0.6) is 0 Å². The van der Waals surface area contributed by atoms with E-state index in [1.165, 1.54) is 4.90 Å². The Morgan fingerprint density at radius 1 is 1.32 bits per heavy atom. The van der Waals surface area contributed by atoms with Gasteiger partial charge in [-0.15, -0.1) is 0 Å². The molecule has 0 bridgehead atoms. The molecule has 2 N–H and O–H groups in total. The van der Waals surface area contributed by atoms with Crippen LogP contribution in [0.2, 0.25) is 0 Å². The van der Waals surface area contributed by atoms with E-state index in [-0.39, 0.29) is 23.9 Å². The molecule has 1 atom stereocenters. The standard InChI is InChI=1S/C18H26N4O3/c1-12(2)21(4)17(24)15-7-5-14(6-8-15)11-20-18(25)22-10-9-19-16(23)13(22)3/h5-8,12-13H,9-11H2,1-4H3,(H,19,23)(H,20,25). The Labute approximate surface area is 148 Å². The first kappa shape index (κ1) is 18.8. The van der Waals surface area contributed by atoms with E-state index in [4.69, 9.17) is 0 Å². The SMILES string of the molecule is CC(C)N(C)C(=O)c1ccc(CNC(=O)N2CCNC(=O)C2C)cc1. The zero-order valence-electron chi connectivity index (χ0n) is 15.2. The highest BCUT2D eigenvalue weighted by Crippen LogP contribution is 2.10. The molecule has 1 fully saturated rings. The third-order valence-corrected chi connectivity index (χ3v) is 4.50. The molecule has 136 valence electrons. The van der Waals surface area contributed by atoms with E-state index in [1.54, 1.807) is 31.0 Å². The van der Waals surface area contributed by atoms with E-state index in [1.807, 2.05) is 26.0 Å². The topological polar surface area (TPSA) is 81.8 Å². The first-order chi connectivity index (χ1) is 11.8. The minimum Gasteiger partial charge on any atom is -0.353 e. The van der Waals surface area contributed by atoms with E-state index >= 15 is 0 Å². The molecular formula is C18H26N4O3. The summed E-state index contributed by atoms with van der Waals surface area (Å²) in [4.78, 5) is 39.3. The van der Waals surface area contributed by atoms with Gasteiger partial charge >= 0.3 is 6.03 Å². The number of nitrogens with one attached hydrogen (secondary N) is 2. The molecule has 25 heavy (non-hydrogen) atoms. The summed E-state index contributed by atoms with van der Waals surface area (Å²) in [5, 5.41) is 5.55. The molecule has 1 aliphatic heterocycles. The maximum absolute atomic E-state index is 12.2. The van der Waals surface area contributed by atoms with Crippen molar-refractivity contribution in [3.05, 3.63) is 35.4 Å². The lowest BCUT2D eigenvalue weighted by Gasteiger charge is -2.32. The first-order valence-corrected chi connectivity index (χ1v) is 8.49. The monoisotopic (exact) mass is 346 g/mol. The summed E-state index contributed by atoms with van der Waals surface area (Å²) in [6.07, 6.45) is 0. The largest absolute Gasteiger partial charge is 0.353 e. The Balaban J connectivity index is 1.92. The quantitative estimate of drug-likeness (QED) is 0.859. The third-order valence-electron chi connectivity index (χ3n) is 4.50. The third kappa shape index (κ3) is 4.49. The molecular weight excluding hydrogens is 320 g/mol. The number of hydrogen-bond donors (Lipinski definition) is 2. The van der Waals surface area contributed by atoms with Crippen molar-refractivity contribution in [3.8, 4) is 0 Å². The molecule has 0 saturated carbocycles. The number of urea groups is 1. The second-order valence-electron chi connectivity index (χ2n) is 6.53. The Kier molecular flexibility index (Phi) is 6.01. The Morgan fingerprint density at radius 2 is 1.96 bits per heavy atom. The maximum atomic E-state index is 12.2. The lowest BCUT2D eigenvalue weighted by Crippen LogP contribution is -2.58. The van der Waals surface area contributed by atoms with Crippen LogP contribution in [0.25, 0.3) is 0 Å². The molecule has 1 unspecified atom stereocenters. The molecule has 4 amide bonds. The van der Waals surface area contributed by atoms with Crippen LogP contribution >= 0.6 is 0 Å². The molecule has 7 heteroatoms. The predicted molar refractivity (Wildman–Crippen MR) is 95.1 cm³/mol. The molecule has 0 radical (unpaired) electrons. The summed E-state index contributed by atoms with van der Waals surface area (Å²) in [7, 11) is 1.77. The van der Waals surface area contributed by atoms with Gasteiger partial charge in [-0.3, -0.25) is 9.59 Å². The van der Waals surface area contributed by atoms with Gasteiger partial charge in [-0.25, -0.2) is 4.79 Å². The number of carbonyl (C=O) groups is 3. The van der Waals surface area contributed by atoms with Crippen molar-refractivity contribution in [2.24, 2.45) is 0 Å². The van der Waals surface area contributed by atoms with Crippen LogP contribution in [0.3, 0.4) is 0 Å². The number of piperazine rings is 1. The van der Waals surface area contributed by atoms with Crippen molar-refractivity contribution in [1.29, 1.82) is 0 Å². The molecule has 0 aliphatic carbocycles. The van der Waals surface area contributed by atoms with Crippen LogP contribution in [0.1, 0.15) is 36.7 Å². The van der Waals surface area contributed by atoms with Crippen LogP contribution < -0.4 is 10.6 Å². The van der Waals surface area contributed by atoms with Crippen molar-refractivity contribution < 1.29 is 14.4 Å².